The highest BCUT2D eigenvalue weighted by Crippen LogP contribution is 2.22. The van der Waals surface area contributed by atoms with Gasteiger partial charge < -0.3 is 10.3 Å². The van der Waals surface area contributed by atoms with Crippen molar-refractivity contribution in [1.29, 1.82) is 0 Å². The van der Waals surface area contributed by atoms with Gasteiger partial charge in [0.05, 0.1) is 6.42 Å². The third-order valence-corrected chi connectivity index (χ3v) is 4.74. The van der Waals surface area contributed by atoms with E-state index in [2.05, 4.69) is 40.6 Å². The minimum atomic E-state index is 0.110. The van der Waals surface area contributed by atoms with Crippen molar-refractivity contribution < 1.29 is 4.79 Å². The van der Waals surface area contributed by atoms with Crippen molar-refractivity contribution in [3.8, 4) is 0 Å². The largest absolute Gasteiger partial charge is 0.361 e. The van der Waals surface area contributed by atoms with Gasteiger partial charge in [-0.1, -0.05) is 42.5 Å². The molecule has 0 aliphatic heterocycles. The molecule has 0 bridgehead atoms. The molecule has 1 heterocycles. The SMILES string of the molecule is O=C(Cc1c[nH]c2ccccc12)NC1CCc2ccccc2C1. The number of nitrogens with one attached hydrogen (secondary N) is 2. The Morgan fingerprint density at radius 1 is 1.09 bits per heavy atom. The van der Waals surface area contributed by atoms with Crippen molar-refractivity contribution in [2.45, 2.75) is 31.7 Å². The van der Waals surface area contributed by atoms with E-state index in [1.165, 1.54) is 11.1 Å². The zero-order chi connectivity index (χ0) is 15.6. The molecule has 0 saturated heterocycles. The van der Waals surface area contributed by atoms with E-state index in [9.17, 15) is 4.79 Å². The summed E-state index contributed by atoms with van der Waals surface area (Å²) in [6.45, 7) is 0. The molecule has 1 aliphatic carbocycles. The van der Waals surface area contributed by atoms with Crippen LogP contribution in [-0.4, -0.2) is 16.9 Å². The van der Waals surface area contributed by atoms with Crippen molar-refractivity contribution in [3.63, 3.8) is 0 Å². The number of amides is 1. The van der Waals surface area contributed by atoms with Gasteiger partial charge in [-0.05, 0) is 42.0 Å². The van der Waals surface area contributed by atoms with Gasteiger partial charge in [0, 0.05) is 23.1 Å². The quantitative estimate of drug-likeness (QED) is 0.765. The molecular formula is C20H20N2O. The molecule has 2 N–H and O–H groups in total. The number of aromatic amines is 1. The van der Waals surface area contributed by atoms with Crippen molar-refractivity contribution in [1.82, 2.24) is 10.3 Å². The zero-order valence-corrected chi connectivity index (χ0v) is 13.0. The lowest BCUT2D eigenvalue weighted by molar-refractivity contribution is -0.121. The first-order valence-corrected chi connectivity index (χ1v) is 8.21. The van der Waals surface area contributed by atoms with Gasteiger partial charge >= 0.3 is 0 Å². The second-order valence-electron chi connectivity index (χ2n) is 6.31. The number of para-hydroxylation sites is 1. The number of aromatic nitrogens is 1. The normalized spacial score (nSPS) is 17.0. The Morgan fingerprint density at radius 3 is 2.78 bits per heavy atom. The van der Waals surface area contributed by atoms with Gasteiger partial charge in [0.15, 0.2) is 0 Å². The van der Waals surface area contributed by atoms with Crippen molar-refractivity contribution in [2.24, 2.45) is 0 Å². The number of fused-ring (bicyclic) bond motifs is 2. The Morgan fingerprint density at radius 2 is 1.87 bits per heavy atom. The van der Waals surface area contributed by atoms with Crippen molar-refractivity contribution in [2.75, 3.05) is 0 Å². The van der Waals surface area contributed by atoms with E-state index in [1.54, 1.807) is 0 Å². The Kier molecular flexibility index (Phi) is 3.62. The van der Waals surface area contributed by atoms with Crippen LogP contribution in [0, 0.1) is 0 Å². The fourth-order valence-electron chi connectivity index (χ4n) is 3.55. The summed E-state index contributed by atoms with van der Waals surface area (Å²) in [5.41, 5.74) is 4.95. The van der Waals surface area contributed by atoms with Gasteiger partial charge in [-0.3, -0.25) is 4.79 Å². The summed E-state index contributed by atoms with van der Waals surface area (Å²) in [5, 5.41) is 4.35. The summed E-state index contributed by atoms with van der Waals surface area (Å²) in [4.78, 5) is 15.6. The molecule has 1 aliphatic rings. The summed E-state index contributed by atoms with van der Waals surface area (Å²) in [6, 6.07) is 16.9. The first-order chi connectivity index (χ1) is 11.3. The zero-order valence-electron chi connectivity index (χ0n) is 13.0. The molecule has 0 saturated carbocycles. The van der Waals surface area contributed by atoms with Crippen LogP contribution in [0.5, 0.6) is 0 Å². The molecule has 0 radical (unpaired) electrons. The van der Waals surface area contributed by atoms with E-state index < -0.39 is 0 Å². The Bertz CT molecular complexity index is 849. The molecule has 3 aromatic rings. The summed E-state index contributed by atoms with van der Waals surface area (Å²) in [5.74, 6) is 0.110. The third kappa shape index (κ3) is 2.87. The minimum absolute atomic E-state index is 0.110. The maximum absolute atomic E-state index is 12.4. The Labute approximate surface area is 135 Å². The van der Waals surface area contributed by atoms with Crippen LogP contribution in [0.3, 0.4) is 0 Å². The third-order valence-electron chi connectivity index (χ3n) is 4.74. The predicted molar refractivity (Wildman–Crippen MR) is 92.4 cm³/mol. The van der Waals surface area contributed by atoms with Crippen LogP contribution < -0.4 is 5.32 Å². The van der Waals surface area contributed by atoms with E-state index in [0.717, 1.165) is 35.7 Å². The average Bonchev–Trinajstić information content (AvgIpc) is 2.98. The van der Waals surface area contributed by atoms with Gasteiger partial charge in [-0.25, -0.2) is 0 Å². The van der Waals surface area contributed by atoms with Gasteiger partial charge in [0.1, 0.15) is 0 Å². The number of hydrogen-bond donors (Lipinski definition) is 2. The number of rotatable bonds is 3. The number of H-pyrrole nitrogens is 1. The minimum Gasteiger partial charge on any atom is -0.361 e. The standard InChI is InChI=1S/C20H20N2O/c23-20(12-16-13-21-19-8-4-3-7-18(16)19)22-17-10-9-14-5-1-2-6-15(14)11-17/h1-8,13,17,21H,9-12H2,(H,22,23). The highest BCUT2D eigenvalue weighted by atomic mass is 16.1. The van der Waals surface area contributed by atoms with Gasteiger partial charge in [-0.2, -0.15) is 0 Å². The number of hydrogen-bond acceptors (Lipinski definition) is 1. The average molecular weight is 304 g/mol. The maximum atomic E-state index is 12.4. The van der Waals surface area contributed by atoms with Gasteiger partial charge in [0.25, 0.3) is 0 Å². The molecule has 0 spiro atoms. The van der Waals surface area contributed by atoms with Crippen molar-refractivity contribution in [3.05, 3.63) is 71.4 Å². The summed E-state index contributed by atoms with van der Waals surface area (Å²) >= 11 is 0. The van der Waals surface area contributed by atoms with Crippen LogP contribution in [-0.2, 0) is 24.1 Å². The van der Waals surface area contributed by atoms with E-state index >= 15 is 0 Å². The van der Waals surface area contributed by atoms with Crippen LogP contribution in [0.2, 0.25) is 0 Å². The molecule has 1 unspecified atom stereocenters. The first kappa shape index (κ1) is 14.1. The fourth-order valence-corrected chi connectivity index (χ4v) is 3.55. The van der Waals surface area contributed by atoms with E-state index in [0.29, 0.717) is 6.42 Å². The Balaban J connectivity index is 1.43. The highest BCUT2D eigenvalue weighted by molar-refractivity contribution is 5.88. The van der Waals surface area contributed by atoms with E-state index in [1.807, 2.05) is 24.4 Å². The number of benzene rings is 2. The van der Waals surface area contributed by atoms with Crippen LogP contribution in [0.25, 0.3) is 10.9 Å². The molecule has 2 aromatic carbocycles. The van der Waals surface area contributed by atoms with E-state index in [4.69, 9.17) is 0 Å². The maximum Gasteiger partial charge on any atom is 0.224 e. The van der Waals surface area contributed by atoms with Gasteiger partial charge in [-0.15, -0.1) is 0 Å². The number of carbonyl (C=O) groups is 1. The smallest absolute Gasteiger partial charge is 0.224 e. The molecule has 23 heavy (non-hydrogen) atoms. The van der Waals surface area contributed by atoms with Gasteiger partial charge in [0.2, 0.25) is 5.91 Å². The fraction of sp³-hybridized carbons (Fsp3) is 0.250. The van der Waals surface area contributed by atoms with Crippen molar-refractivity contribution >= 4 is 16.8 Å². The lowest BCUT2D eigenvalue weighted by Crippen LogP contribution is -2.39. The second-order valence-corrected chi connectivity index (χ2v) is 6.31. The first-order valence-electron chi connectivity index (χ1n) is 8.21. The number of carbonyl (C=O) groups excluding carboxylic acids is 1. The predicted octanol–water partition coefficient (Wildman–Crippen LogP) is 3.38. The molecule has 0 fully saturated rings. The monoisotopic (exact) mass is 304 g/mol. The number of aryl methyl sites for hydroxylation is 1. The molecule has 1 amide bonds. The summed E-state index contributed by atoms with van der Waals surface area (Å²) in [6.07, 6.45) is 5.39. The molecule has 1 atom stereocenters. The molecular weight excluding hydrogens is 284 g/mol. The van der Waals surface area contributed by atoms with Crippen LogP contribution >= 0.6 is 0 Å². The molecule has 116 valence electrons. The van der Waals surface area contributed by atoms with Crippen LogP contribution in [0.1, 0.15) is 23.1 Å². The van der Waals surface area contributed by atoms with E-state index in [-0.39, 0.29) is 11.9 Å². The summed E-state index contributed by atoms with van der Waals surface area (Å²) in [7, 11) is 0. The topological polar surface area (TPSA) is 44.9 Å². The molecule has 3 heteroatoms. The van der Waals surface area contributed by atoms with Crippen LogP contribution in [0.15, 0.2) is 54.7 Å². The lowest BCUT2D eigenvalue weighted by Gasteiger charge is -2.25. The molecule has 4 rings (SSSR count). The lowest BCUT2D eigenvalue weighted by atomic mass is 9.88. The second kappa shape index (κ2) is 5.92. The van der Waals surface area contributed by atoms with Crippen LogP contribution in [0.4, 0.5) is 0 Å². The summed E-state index contributed by atoms with van der Waals surface area (Å²) < 4.78 is 0. The Hall–Kier alpha value is -2.55. The molecule has 1 aromatic heterocycles. The highest BCUT2D eigenvalue weighted by Gasteiger charge is 2.20. The molecule has 3 nitrogen and oxygen atoms in total.